The maximum absolute atomic E-state index is 11.9. The van der Waals surface area contributed by atoms with Crippen molar-refractivity contribution in [3.05, 3.63) is 12.1 Å². The van der Waals surface area contributed by atoms with Crippen molar-refractivity contribution in [2.75, 3.05) is 31.0 Å². The lowest BCUT2D eigenvalue weighted by Crippen LogP contribution is -2.33. The third-order valence-electron chi connectivity index (χ3n) is 3.44. The van der Waals surface area contributed by atoms with Gasteiger partial charge in [-0.25, -0.2) is 0 Å². The normalized spacial score (nSPS) is 18.4. The lowest BCUT2D eigenvalue weighted by atomic mass is 10.1. The Morgan fingerprint density at radius 2 is 1.95 bits per heavy atom. The van der Waals surface area contributed by atoms with Gasteiger partial charge in [-0.15, -0.1) is 0 Å². The Morgan fingerprint density at radius 1 is 1.32 bits per heavy atom. The molecule has 1 heterocycles. The fourth-order valence-corrected chi connectivity index (χ4v) is 2.51. The van der Waals surface area contributed by atoms with Crippen molar-refractivity contribution in [3.63, 3.8) is 0 Å². The van der Waals surface area contributed by atoms with E-state index in [0.29, 0.717) is 17.9 Å². The Labute approximate surface area is 113 Å². The number of nitrogens with one attached hydrogen (secondary N) is 1. The summed E-state index contributed by atoms with van der Waals surface area (Å²) in [6.07, 6.45) is 0.479. The third-order valence-corrected chi connectivity index (χ3v) is 3.44. The van der Waals surface area contributed by atoms with Crippen molar-refractivity contribution in [2.45, 2.75) is 26.3 Å². The summed E-state index contributed by atoms with van der Waals surface area (Å²) in [7, 11) is 3.20. The van der Waals surface area contributed by atoms with Crippen LogP contribution in [0.15, 0.2) is 12.1 Å². The molecule has 1 aliphatic rings. The molecule has 1 aromatic rings. The number of ether oxygens (including phenoxy) is 2. The van der Waals surface area contributed by atoms with Crippen LogP contribution < -0.4 is 19.7 Å². The van der Waals surface area contributed by atoms with Gasteiger partial charge in [-0.2, -0.15) is 0 Å². The van der Waals surface area contributed by atoms with Crippen molar-refractivity contribution in [1.29, 1.82) is 0 Å². The summed E-state index contributed by atoms with van der Waals surface area (Å²) in [5, 5.41) is 2.93. The molecule has 0 aliphatic carbocycles. The summed E-state index contributed by atoms with van der Waals surface area (Å²) in [5.41, 5.74) is 1.74. The van der Waals surface area contributed by atoms with Gasteiger partial charge in [0.2, 0.25) is 5.91 Å². The van der Waals surface area contributed by atoms with Gasteiger partial charge in [-0.1, -0.05) is 0 Å². The fraction of sp³-hybridized carbons (Fsp3) is 0.500. The van der Waals surface area contributed by atoms with E-state index in [9.17, 15) is 4.79 Å². The molecule has 0 saturated carbocycles. The largest absolute Gasteiger partial charge is 0.493 e. The molecule has 5 nitrogen and oxygen atoms in total. The van der Waals surface area contributed by atoms with Crippen LogP contribution in [0.1, 0.15) is 20.3 Å². The molecule has 5 heteroatoms. The zero-order valence-electron chi connectivity index (χ0n) is 11.8. The summed E-state index contributed by atoms with van der Waals surface area (Å²) in [4.78, 5) is 14.1. The van der Waals surface area contributed by atoms with Crippen molar-refractivity contribution in [1.82, 2.24) is 0 Å². The monoisotopic (exact) mass is 264 g/mol. The second-order valence-electron chi connectivity index (χ2n) is 4.61. The number of carbonyl (C=O) groups is 1. The van der Waals surface area contributed by atoms with E-state index in [2.05, 4.69) is 24.1 Å². The van der Waals surface area contributed by atoms with E-state index in [0.717, 1.165) is 17.9 Å². The Morgan fingerprint density at radius 3 is 2.53 bits per heavy atom. The molecule has 2 rings (SSSR count). The smallest absolute Gasteiger partial charge is 0.226 e. The van der Waals surface area contributed by atoms with E-state index in [4.69, 9.17) is 9.47 Å². The van der Waals surface area contributed by atoms with Gasteiger partial charge in [0, 0.05) is 31.1 Å². The highest BCUT2D eigenvalue weighted by Crippen LogP contribution is 2.40. The van der Waals surface area contributed by atoms with E-state index in [1.54, 1.807) is 14.2 Å². The van der Waals surface area contributed by atoms with Crippen LogP contribution in [0.2, 0.25) is 0 Å². The van der Waals surface area contributed by atoms with Gasteiger partial charge in [-0.3, -0.25) is 4.79 Å². The molecule has 1 aromatic carbocycles. The number of nitrogens with zero attached hydrogens (tertiary/aromatic N) is 1. The predicted molar refractivity (Wildman–Crippen MR) is 75.3 cm³/mol. The van der Waals surface area contributed by atoms with Crippen LogP contribution in [0.3, 0.4) is 0 Å². The topological polar surface area (TPSA) is 50.8 Å². The molecule has 19 heavy (non-hydrogen) atoms. The van der Waals surface area contributed by atoms with E-state index in [1.165, 1.54) is 0 Å². The van der Waals surface area contributed by atoms with Crippen molar-refractivity contribution >= 4 is 17.3 Å². The average Bonchev–Trinajstić information content (AvgIpc) is 2.51. The number of hydrogen-bond donors (Lipinski definition) is 1. The SMILES string of the molecule is CCN1c2cc(OC)c(OC)cc2NC(=O)CC1C. The molecule has 104 valence electrons. The summed E-state index contributed by atoms with van der Waals surface area (Å²) in [6.45, 7) is 4.96. The van der Waals surface area contributed by atoms with Gasteiger partial charge < -0.3 is 19.7 Å². The molecule has 1 atom stereocenters. The summed E-state index contributed by atoms with van der Waals surface area (Å²) >= 11 is 0. The lowest BCUT2D eigenvalue weighted by Gasteiger charge is -2.29. The second kappa shape index (κ2) is 5.38. The highest BCUT2D eigenvalue weighted by atomic mass is 16.5. The van der Waals surface area contributed by atoms with Crippen LogP contribution in [0.4, 0.5) is 11.4 Å². The Balaban J connectivity index is 2.56. The van der Waals surface area contributed by atoms with Crippen LogP contribution in [-0.2, 0) is 4.79 Å². The number of rotatable bonds is 3. The van der Waals surface area contributed by atoms with Gasteiger partial charge in [-0.05, 0) is 13.8 Å². The van der Waals surface area contributed by atoms with Gasteiger partial charge in [0.1, 0.15) is 0 Å². The molecule has 0 fully saturated rings. The van der Waals surface area contributed by atoms with E-state index in [-0.39, 0.29) is 11.9 Å². The van der Waals surface area contributed by atoms with E-state index in [1.807, 2.05) is 12.1 Å². The molecular formula is C14H20N2O3. The van der Waals surface area contributed by atoms with Gasteiger partial charge in [0.15, 0.2) is 11.5 Å². The lowest BCUT2D eigenvalue weighted by molar-refractivity contribution is -0.116. The molecule has 1 N–H and O–H groups in total. The maximum atomic E-state index is 11.9. The number of carbonyl (C=O) groups excluding carboxylic acids is 1. The third kappa shape index (κ3) is 2.45. The highest BCUT2D eigenvalue weighted by molar-refractivity contribution is 5.97. The summed E-state index contributed by atoms with van der Waals surface area (Å²) < 4.78 is 10.6. The minimum atomic E-state index is 0.0249. The number of fused-ring (bicyclic) bond motifs is 1. The number of hydrogen-bond acceptors (Lipinski definition) is 4. The Hall–Kier alpha value is -1.91. The summed E-state index contributed by atoms with van der Waals surface area (Å²) in [6, 6.07) is 3.89. The zero-order valence-corrected chi connectivity index (χ0v) is 11.8. The average molecular weight is 264 g/mol. The standard InChI is InChI=1S/C14H20N2O3/c1-5-16-9(2)6-14(17)15-10-7-12(18-3)13(19-4)8-11(10)16/h7-9H,5-6H2,1-4H3,(H,15,17). The second-order valence-corrected chi connectivity index (χ2v) is 4.61. The number of methoxy groups -OCH3 is 2. The number of benzene rings is 1. The molecule has 1 aliphatic heterocycles. The number of amides is 1. The molecule has 0 saturated heterocycles. The summed E-state index contributed by atoms with van der Waals surface area (Å²) in [5.74, 6) is 1.31. The van der Waals surface area contributed by atoms with Crippen molar-refractivity contribution in [2.24, 2.45) is 0 Å². The maximum Gasteiger partial charge on any atom is 0.226 e. The molecule has 0 aromatic heterocycles. The van der Waals surface area contributed by atoms with Crippen LogP contribution in [0, 0.1) is 0 Å². The molecular weight excluding hydrogens is 244 g/mol. The minimum absolute atomic E-state index is 0.0249. The van der Waals surface area contributed by atoms with E-state index < -0.39 is 0 Å². The molecule has 0 spiro atoms. The van der Waals surface area contributed by atoms with Crippen LogP contribution in [-0.4, -0.2) is 32.7 Å². The first-order valence-corrected chi connectivity index (χ1v) is 6.43. The number of anilines is 2. The highest BCUT2D eigenvalue weighted by Gasteiger charge is 2.25. The molecule has 0 radical (unpaired) electrons. The first-order chi connectivity index (χ1) is 9.10. The van der Waals surface area contributed by atoms with Gasteiger partial charge >= 0.3 is 0 Å². The van der Waals surface area contributed by atoms with Gasteiger partial charge in [0.25, 0.3) is 0 Å². The van der Waals surface area contributed by atoms with Crippen molar-refractivity contribution in [3.8, 4) is 11.5 Å². The first-order valence-electron chi connectivity index (χ1n) is 6.43. The van der Waals surface area contributed by atoms with Gasteiger partial charge in [0.05, 0.1) is 25.6 Å². The van der Waals surface area contributed by atoms with Crippen LogP contribution in [0.5, 0.6) is 11.5 Å². The van der Waals surface area contributed by atoms with Crippen LogP contribution >= 0.6 is 0 Å². The van der Waals surface area contributed by atoms with Crippen LogP contribution in [0.25, 0.3) is 0 Å². The zero-order chi connectivity index (χ0) is 14.0. The Kier molecular flexibility index (Phi) is 3.83. The fourth-order valence-electron chi connectivity index (χ4n) is 2.51. The predicted octanol–water partition coefficient (Wildman–Crippen LogP) is 2.26. The molecule has 0 bridgehead atoms. The Bertz CT molecular complexity index is 488. The van der Waals surface area contributed by atoms with E-state index >= 15 is 0 Å². The molecule has 1 unspecified atom stereocenters. The van der Waals surface area contributed by atoms with Crippen molar-refractivity contribution < 1.29 is 14.3 Å². The molecule has 1 amide bonds. The first kappa shape index (κ1) is 13.5. The minimum Gasteiger partial charge on any atom is -0.493 e. The quantitative estimate of drug-likeness (QED) is 0.909.